The Balaban J connectivity index is 1.67. The molecule has 0 aliphatic heterocycles. The van der Waals surface area contributed by atoms with Gasteiger partial charge in [0.2, 0.25) is 0 Å². The van der Waals surface area contributed by atoms with E-state index in [2.05, 4.69) is 54.5 Å². The van der Waals surface area contributed by atoms with Gasteiger partial charge in [0.25, 0.3) is 5.91 Å². The van der Waals surface area contributed by atoms with Gasteiger partial charge in [-0.2, -0.15) is 5.10 Å². The molecule has 0 spiro atoms. The van der Waals surface area contributed by atoms with Crippen molar-refractivity contribution in [1.29, 1.82) is 0 Å². The first-order valence-electron chi connectivity index (χ1n) is 7.07. The molecule has 4 nitrogen and oxygen atoms in total. The number of halogens is 2. The molecule has 2 rings (SSSR count). The van der Waals surface area contributed by atoms with Crippen molar-refractivity contribution in [3.8, 4) is 5.75 Å². The number of ether oxygens (including phenoxy) is 1. The second-order valence-electron chi connectivity index (χ2n) is 4.73. The zero-order chi connectivity index (χ0) is 16.5. The summed E-state index contributed by atoms with van der Waals surface area (Å²) in [4.78, 5) is 11.7. The second kappa shape index (κ2) is 9.47. The third-order valence-corrected chi connectivity index (χ3v) is 4.05. The molecule has 2 aromatic carbocycles. The van der Waals surface area contributed by atoms with Crippen molar-refractivity contribution in [3.63, 3.8) is 0 Å². The first kappa shape index (κ1) is 17.7. The molecule has 0 radical (unpaired) electrons. The quantitative estimate of drug-likeness (QED) is 0.515. The lowest BCUT2D eigenvalue weighted by molar-refractivity contribution is -0.123. The van der Waals surface area contributed by atoms with E-state index in [1.54, 1.807) is 12.3 Å². The minimum absolute atomic E-state index is 0.0870. The summed E-state index contributed by atoms with van der Waals surface area (Å²) in [5.74, 6) is 0.312. The van der Waals surface area contributed by atoms with Gasteiger partial charge in [-0.05, 0) is 52.5 Å². The summed E-state index contributed by atoms with van der Waals surface area (Å²) in [5, 5.41) is 3.91. The number of nitrogens with zero attached hydrogens (tertiary/aromatic N) is 1. The van der Waals surface area contributed by atoms with Crippen molar-refractivity contribution in [3.05, 3.63) is 63.0 Å². The Morgan fingerprint density at radius 1 is 1.17 bits per heavy atom. The molecular weight excluding hydrogens is 424 g/mol. The third-order valence-electron chi connectivity index (χ3n) is 2.94. The largest absolute Gasteiger partial charge is 0.483 e. The average molecular weight is 440 g/mol. The van der Waals surface area contributed by atoms with Gasteiger partial charge in [0, 0.05) is 10.7 Å². The minimum atomic E-state index is -0.296. The first-order chi connectivity index (χ1) is 11.1. The highest BCUT2D eigenvalue weighted by atomic mass is 79.9. The Bertz CT molecular complexity index is 676. The number of hydrogen-bond donors (Lipinski definition) is 1. The number of aryl methyl sites for hydroxylation is 1. The maximum Gasteiger partial charge on any atom is 0.277 e. The SMILES string of the molecule is O=C(COc1ccc(Br)cc1Br)NN=CCCc1ccccc1. The van der Waals surface area contributed by atoms with E-state index < -0.39 is 0 Å². The van der Waals surface area contributed by atoms with Crippen LogP contribution in [-0.4, -0.2) is 18.7 Å². The molecule has 1 N–H and O–H groups in total. The number of benzene rings is 2. The Hall–Kier alpha value is -1.66. The number of amides is 1. The smallest absolute Gasteiger partial charge is 0.277 e. The zero-order valence-corrected chi connectivity index (χ0v) is 15.5. The van der Waals surface area contributed by atoms with Crippen LogP contribution >= 0.6 is 31.9 Å². The van der Waals surface area contributed by atoms with Gasteiger partial charge in [0.1, 0.15) is 5.75 Å². The van der Waals surface area contributed by atoms with Crippen LogP contribution in [0, 0.1) is 0 Å². The molecule has 2 aromatic rings. The van der Waals surface area contributed by atoms with Crippen LogP contribution in [0.15, 0.2) is 62.6 Å². The molecule has 0 heterocycles. The van der Waals surface area contributed by atoms with Crippen molar-refractivity contribution in [2.24, 2.45) is 5.10 Å². The van der Waals surface area contributed by atoms with E-state index in [0.717, 1.165) is 21.8 Å². The van der Waals surface area contributed by atoms with Gasteiger partial charge in [-0.25, -0.2) is 5.43 Å². The number of nitrogens with one attached hydrogen (secondary N) is 1. The molecule has 0 saturated heterocycles. The number of rotatable bonds is 7. The molecule has 1 amide bonds. The van der Waals surface area contributed by atoms with Crippen molar-refractivity contribution in [1.82, 2.24) is 5.43 Å². The van der Waals surface area contributed by atoms with Crippen molar-refractivity contribution in [2.75, 3.05) is 6.61 Å². The van der Waals surface area contributed by atoms with Gasteiger partial charge in [-0.1, -0.05) is 46.3 Å². The molecule has 0 atom stereocenters. The predicted molar refractivity (Wildman–Crippen MR) is 98.7 cm³/mol. The van der Waals surface area contributed by atoms with Gasteiger partial charge < -0.3 is 4.74 Å². The maximum atomic E-state index is 11.7. The molecule has 0 bridgehead atoms. The second-order valence-corrected chi connectivity index (χ2v) is 6.50. The molecule has 0 saturated carbocycles. The van der Waals surface area contributed by atoms with Crippen molar-refractivity contribution in [2.45, 2.75) is 12.8 Å². The summed E-state index contributed by atoms with van der Waals surface area (Å²) < 4.78 is 7.14. The Kier molecular flexibility index (Phi) is 7.29. The molecule has 0 aromatic heterocycles. The lowest BCUT2D eigenvalue weighted by Crippen LogP contribution is -2.24. The van der Waals surface area contributed by atoms with Crippen LogP contribution in [0.2, 0.25) is 0 Å². The highest BCUT2D eigenvalue weighted by Crippen LogP contribution is 2.27. The molecule has 0 fully saturated rings. The summed E-state index contributed by atoms with van der Waals surface area (Å²) in [6.45, 7) is -0.0870. The van der Waals surface area contributed by atoms with Crippen molar-refractivity contribution < 1.29 is 9.53 Å². The number of carbonyl (C=O) groups is 1. The molecule has 23 heavy (non-hydrogen) atoms. The van der Waals surface area contributed by atoms with Gasteiger partial charge in [-0.3, -0.25) is 4.79 Å². The lowest BCUT2D eigenvalue weighted by atomic mass is 10.1. The van der Waals surface area contributed by atoms with E-state index in [1.165, 1.54) is 5.56 Å². The van der Waals surface area contributed by atoms with Crippen LogP contribution < -0.4 is 10.2 Å². The van der Waals surface area contributed by atoms with E-state index in [4.69, 9.17) is 4.74 Å². The zero-order valence-electron chi connectivity index (χ0n) is 12.3. The van der Waals surface area contributed by atoms with E-state index in [1.807, 2.05) is 30.3 Å². The van der Waals surface area contributed by atoms with Crippen LogP contribution in [-0.2, 0) is 11.2 Å². The van der Waals surface area contributed by atoms with Crippen LogP contribution in [0.3, 0.4) is 0 Å². The Morgan fingerprint density at radius 2 is 1.96 bits per heavy atom. The van der Waals surface area contributed by atoms with Crippen LogP contribution in [0.4, 0.5) is 0 Å². The van der Waals surface area contributed by atoms with E-state index >= 15 is 0 Å². The lowest BCUT2D eigenvalue weighted by Gasteiger charge is -2.07. The molecule has 120 valence electrons. The Labute approximate surface area is 152 Å². The van der Waals surface area contributed by atoms with Crippen LogP contribution in [0.5, 0.6) is 5.75 Å². The molecule has 0 aliphatic rings. The van der Waals surface area contributed by atoms with Gasteiger partial charge in [-0.15, -0.1) is 0 Å². The van der Waals surface area contributed by atoms with Crippen LogP contribution in [0.1, 0.15) is 12.0 Å². The summed E-state index contributed by atoms with van der Waals surface area (Å²) in [5.41, 5.74) is 3.70. The molecule has 6 heteroatoms. The third kappa shape index (κ3) is 6.54. The van der Waals surface area contributed by atoms with Crippen molar-refractivity contribution >= 4 is 44.0 Å². The topological polar surface area (TPSA) is 50.7 Å². The number of hydrogen-bond acceptors (Lipinski definition) is 3. The maximum absolute atomic E-state index is 11.7. The molecule has 0 unspecified atom stereocenters. The number of carbonyl (C=O) groups excluding carboxylic acids is 1. The fourth-order valence-electron chi connectivity index (χ4n) is 1.83. The first-order valence-corrected chi connectivity index (χ1v) is 8.66. The highest BCUT2D eigenvalue weighted by molar-refractivity contribution is 9.11. The van der Waals surface area contributed by atoms with Gasteiger partial charge in [0.15, 0.2) is 6.61 Å². The average Bonchev–Trinajstić information content (AvgIpc) is 2.54. The Morgan fingerprint density at radius 3 is 2.70 bits per heavy atom. The summed E-state index contributed by atoms with van der Waals surface area (Å²) in [7, 11) is 0. The van der Waals surface area contributed by atoms with E-state index in [9.17, 15) is 4.79 Å². The fraction of sp³-hybridized carbons (Fsp3) is 0.176. The molecule has 0 aliphatic carbocycles. The van der Waals surface area contributed by atoms with Crippen LogP contribution in [0.25, 0.3) is 0 Å². The summed E-state index contributed by atoms with van der Waals surface area (Å²) >= 11 is 6.73. The standard InChI is InChI=1S/C17H16Br2N2O2/c18-14-8-9-16(15(19)11-14)23-12-17(22)21-20-10-4-7-13-5-2-1-3-6-13/h1-3,5-6,8-11H,4,7,12H2,(H,21,22). The summed E-state index contributed by atoms with van der Waals surface area (Å²) in [6, 6.07) is 15.6. The van der Waals surface area contributed by atoms with E-state index in [0.29, 0.717) is 5.75 Å². The monoisotopic (exact) mass is 438 g/mol. The molecular formula is C17H16Br2N2O2. The fourth-order valence-corrected chi connectivity index (χ4v) is 2.99. The van der Waals surface area contributed by atoms with E-state index in [-0.39, 0.29) is 12.5 Å². The number of hydrazone groups is 1. The van der Waals surface area contributed by atoms with Gasteiger partial charge in [0.05, 0.1) is 4.47 Å². The van der Waals surface area contributed by atoms with Gasteiger partial charge >= 0.3 is 0 Å². The normalized spacial score (nSPS) is 10.7. The highest BCUT2D eigenvalue weighted by Gasteiger charge is 2.05. The predicted octanol–water partition coefficient (Wildman–Crippen LogP) is 4.33. The summed E-state index contributed by atoms with van der Waals surface area (Å²) in [6.07, 6.45) is 3.35. The minimum Gasteiger partial charge on any atom is -0.483 e.